The number of benzene rings is 2. The second kappa shape index (κ2) is 9.49. The lowest BCUT2D eigenvalue weighted by atomic mass is 10.1. The summed E-state index contributed by atoms with van der Waals surface area (Å²) in [7, 11) is -2.26. The fourth-order valence-electron chi connectivity index (χ4n) is 3.44. The quantitative estimate of drug-likeness (QED) is 0.655. The first-order chi connectivity index (χ1) is 14.8. The number of hydrogen-bond donors (Lipinski definition) is 1. The molecule has 1 N–H and O–H groups in total. The van der Waals surface area contributed by atoms with Crippen LogP contribution in [-0.2, 0) is 14.8 Å². The smallest absolute Gasteiger partial charge is 0.338 e. The zero-order chi connectivity index (χ0) is 22.6. The number of esters is 1. The average Bonchev–Trinajstić information content (AvgIpc) is 3.30. The van der Waals surface area contributed by atoms with Crippen molar-refractivity contribution in [3.63, 3.8) is 0 Å². The molecule has 0 atom stereocenters. The third kappa shape index (κ3) is 4.88. The molecule has 0 aliphatic carbocycles. The number of carbonyl (C=O) groups is 2. The first-order valence-electron chi connectivity index (χ1n) is 10.0. The molecule has 166 valence electrons. The highest BCUT2D eigenvalue weighted by atomic mass is 32.2. The summed E-state index contributed by atoms with van der Waals surface area (Å²) in [6.07, 6.45) is 1.65. The van der Waals surface area contributed by atoms with Crippen molar-refractivity contribution in [2.24, 2.45) is 0 Å². The molecular formula is C22H26N2O6S. The van der Waals surface area contributed by atoms with Crippen molar-refractivity contribution in [3.8, 4) is 5.75 Å². The minimum Gasteiger partial charge on any atom is -0.496 e. The van der Waals surface area contributed by atoms with Crippen LogP contribution < -0.4 is 10.1 Å². The normalized spacial score (nSPS) is 14.3. The lowest BCUT2D eigenvalue weighted by Crippen LogP contribution is -2.28. The van der Waals surface area contributed by atoms with Crippen LogP contribution in [0.4, 0.5) is 5.69 Å². The van der Waals surface area contributed by atoms with Gasteiger partial charge in [0.15, 0.2) is 0 Å². The molecule has 2 aromatic rings. The SMILES string of the molecule is CCOC(=O)c1ccc(NC(=O)c2cc(S(=O)(=O)N3CCCC3)ccc2OC)c(C)c1. The molecule has 1 aliphatic heterocycles. The van der Waals surface area contributed by atoms with E-state index in [1.54, 1.807) is 32.0 Å². The number of aryl methyl sites for hydroxylation is 1. The Labute approximate surface area is 182 Å². The third-order valence-electron chi connectivity index (χ3n) is 5.10. The van der Waals surface area contributed by atoms with Gasteiger partial charge in [-0.1, -0.05) is 0 Å². The van der Waals surface area contributed by atoms with E-state index < -0.39 is 21.9 Å². The van der Waals surface area contributed by atoms with Crippen LogP contribution in [0.15, 0.2) is 41.3 Å². The highest BCUT2D eigenvalue weighted by Gasteiger charge is 2.28. The maximum absolute atomic E-state index is 13.0. The van der Waals surface area contributed by atoms with Crippen LogP contribution in [0.5, 0.6) is 5.75 Å². The number of ether oxygens (including phenoxy) is 2. The molecule has 1 fully saturated rings. The van der Waals surface area contributed by atoms with Crippen molar-refractivity contribution in [1.29, 1.82) is 0 Å². The van der Waals surface area contributed by atoms with Gasteiger partial charge in [-0.2, -0.15) is 4.31 Å². The molecule has 0 bridgehead atoms. The number of sulfonamides is 1. The number of anilines is 1. The summed E-state index contributed by atoms with van der Waals surface area (Å²) in [6, 6.07) is 9.06. The van der Waals surface area contributed by atoms with E-state index in [-0.39, 0.29) is 22.8 Å². The van der Waals surface area contributed by atoms with Gasteiger partial charge in [0, 0.05) is 18.8 Å². The van der Waals surface area contributed by atoms with E-state index in [1.165, 1.54) is 29.6 Å². The van der Waals surface area contributed by atoms with Crippen LogP contribution in [0.2, 0.25) is 0 Å². The van der Waals surface area contributed by atoms with Gasteiger partial charge in [-0.3, -0.25) is 4.79 Å². The van der Waals surface area contributed by atoms with Gasteiger partial charge >= 0.3 is 5.97 Å². The first kappa shape index (κ1) is 22.8. The Bertz CT molecular complexity index is 1090. The van der Waals surface area contributed by atoms with Gasteiger partial charge in [0.1, 0.15) is 5.75 Å². The molecule has 1 aliphatic rings. The largest absolute Gasteiger partial charge is 0.496 e. The van der Waals surface area contributed by atoms with Gasteiger partial charge in [-0.15, -0.1) is 0 Å². The Morgan fingerprint density at radius 2 is 1.81 bits per heavy atom. The van der Waals surface area contributed by atoms with E-state index in [4.69, 9.17) is 9.47 Å². The highest BCUT2D eigenvalue weighted by Crippen LogP contribution is 2.28. The molecule has 31 heavy (non-hydrogen) atoms. The van der Waals surface area contributed by atoms with Crippen molar-refractivity contribution in [2.45, 2.75) is 31.6 Å². The Morgan fingerprint density at radius 1 is 1.10 bits per heavy atom. The molecule has 0 unspecified atom stereocenters. The third-order valence-corrected chi connectivity index (χ3v) is 7.00. The molecule has 0 spiro atoms. The number of nitrogens with zero attached hydrogens (tertiary/aromatic N) is 1. The van der Waals surface area contributed by atoms with Crippen LogP contribution >= 0.6 is 0 Å². The number of methoxy groups -OCH3 is 1. The number of hydrogen-bond acceptors (Lipinski definition) is 6. The molecule has 0 saturated carbocycles. The Hall–Kier alpha value is -2.91. The van der Waals surface area contributed by atoms with E-state index in [2.05, 4.69) is 5.32 Å². The van der Waals surface area contributed by atoms with Crippen molar-refractivity contribution in [1.82, 2.24) is 4.31 Å². The molecule has 1 saturated heterocycles. The molecule has 0 aromatic heterocycles. The van der Waals surface area contributed by atoms with Crippen molar-refractivity contribution < 1.29 is 27.5 Å². The van der Waals surface area contributed by atoms with Crippen LogP contribution in [0.3, 0.4) is 0 Å². The van der Waals surface area contributed by atoms with Crippen molar-refractivity contribution in [3.05, 3.63) is 53.1 Å². The fraction of sp³-hybridized carbons (Fsp3) is 0.364. The van der Waals surface area contributed by atoms with E-state index in [1.807, 2.05) is 0 Å². The summed E-state index contributed by atoms with van der Waals surface area (Å²) in [5.74, 6) is -0.689. The Balaban J connectivity index is 1.88. The van der Waals surface area contributed by atoms with Gasteiger partial charge in [0.2, 0.25) is 10.0 Å². The fourth-order valence-corrected chi connectivity index (χ4v) is 4.98. The molecule has 1 amide bonds. The predicted molar refractivity (Wildman–Crippen MR) is 116 cm³/mol. The van der Waals surface area contributed by atoms with E-state index in [9.17, 15) is 18.0 Å². The number of rotatable bonds is 7. The molecule has 2 aromatic carbocycles. The summed E-state index contributed by atoms with van der Waals surface area (Å²) >= 11 is 0. The van der Waals surface area contributed by atoms with Gasteiger partial charge in [-0.05, 0) is 68.7 Å². The molecule has 0 radical (unpaired) electrons. The lowest BCUT2D eigenvalue weighted by molar-refractivity contribution is 0.0526. The van der Waals surface area contributed by atoms with Gasteiger partial charge < -0.3 is 14.8 Å². The highest BCUT2D eigenvalue weighted by molar-refractivity contribution is 7.89. The summed E-state index contributed by atoms with van der Waals surface area (Å²) in [5, 5.41) is 2.77. The van der Waals surface area contributed by atoms with Crippen molar-refractivity contribution >= 4 is 27.6 Å². The molecule has 1 heterocycles. The first-order valence-corrected chi connectivity index (χ1v) is 11.5. The minimum absolute atomic E-state index is 0.0507. The maximum atomic E-state index is 13.0. The van der Waals surface area contributed by atoms with Gasteiger partial charge in [0.05, 0.1) is 29.7 Å². The lowest BCUT2D eigenvalue weighted by Gasteiger charge is -2.17. The maximum Gasteiger partial charge on any atom is 0.338 e. The van der Waals surface area contributed by atoms with Crippen LogP contribution in [0.1, 0.15) is 46.0 Å². The average molecular weight is 447 g/mol. The monoisotopic (exact) mass is 446 g/mol. The second-order valence-corrected chi connectivity index (χ2v) is 9.12. The molecule has 9 heteroatoms. The Kier molecular flexibility index (Phi) is 6.97. The van der Waals surface area contributed by atoms with Crippen LogP contribution in [0, 0.1) is 6.92 Å². The summed E-state index contributed by atoms with van der Waals surface area (Å²) < 4.78 is 37.5. The number of nitrogens with one attached hydrogen (secondary N) is 1. The van der Waals surface area contributed by atoms with E-state index in [0.717, 1.165) is 12.8 Å². The molecule has 8 nitrogen and oxygen atoms in total. The van der Waals surface area contributed by atoms with Crippen molar-refractivity contribution in [2.75, 3.05) is 32.1 Å². The van der Waals surface area contributed by atoms with Crippen LogP contribution in [-0.4, -0.2) is 51.4 Å². The molecular weight excluding hydrogens is 420 g/mol. The summed E-state index contributed by atoms with van der Waals surface area (Å²) in [5.41, 5.74) is 1.65. The minimum atomic E-state index is -3.67. The molecule has 3 rings (SSSR count). The topological polar surface area (TPSA) is 102 Å². The van der Waals surface area contributed by atoms with E-state index in [0.29, 0.717) is 29.9 Å². The zero-order valence-corrected chi connectivity index (χ0v) is 18.6. The summed E-state index contributed by atoms with van der Waals surface area (Å²) in [4.78, 5) is 24.9. The van der Waals surface area contributed by atoms with Gasteiger partial charge in [-0.25, -0.2) is 13.2 Å². The van der Waals surface area contributed by atoms with E-state index >= 15 is 0 Å². The summed E-state index contributed by atoms with van der Waals surface area (Å²) in [6.45, 7) is 4.70. The number of amides is 1. The predicted octanol–water partition coefficient (Wildman–Crippen LogP) is 3.22. The second-order valence-electron chi connectivity index (χ2n) is 7.18. The number of carbonyl (C=O) groups excluding carboxylic acids is 2. The van der Waals surface area contributed by atoms with Crippen LogP contribution in [0.25, 0.3) is 0 Å². The Morgan fingerprint density at radius 3 is 2.42 bits per heavy atom. The standard InChI is InChI=1S/C22H26N2O6S/c1-4-30-22(26)16-7-9-19(15(2)13-16)23-21(25)18-14-17(8-10-20(18)29-3)31(27,28)24-11-5-6-12-24/h7-10,13-14H,4-6,11-12H2,1-3H3,(H,23,25). The van der Waals surface area contributed by atoms with Gasteiger partial charge in [0.25, 0.3) is 5.91 Å². The zero-order valence-electron chi connectivity index (χ0n) is 17.8.